The van der Waals surface area contributed by atoms with Gasteiger partial charge >= 0.3 is 0 Å². The third kappa shape index (κ3) is 1.57. The molecule has 0 aliphatic carbocycles. The highest BCUT2D eigenvalue weighted by molar-refractivity contribution is 5.62. The molecule has 82 valence electrons. The molecule has 0 radical (unpaired) electrons. The second kappa shape index (κ2) is 3.78. The zero-order valence-electron chi connectivity index (χ0n) is 9.32. The van der Waals surface area contributed by atoms with Crippen molar-refractivity contribution in [2.24, 2.45) is 5.73 Å². The van der Waals surface area contributed by atoms with Crippen molar-refractivity contribution >= 4 is 5.69 Å². The number of rotatable bonds is 1. The summed E-state index contributed by atoms with van der Waals surface area (Å²) in [5, 5.41) is 8.94. The molecule has 0 spiro atoms. The van der Waals surface area contributed by atoms with E-state index in [0.29, 0.717) is 12.0 Å². The lowest BCUT2D eigenvalue weighted by atomic mass is 10.0. The minimum absolute atomic E-state index is 0.214. The third-order valence-corrected chi connectivity index (χ3v) is 2.60. The number of nitrogens with zero attached hydrogens (tertiary/aromatic N) is 2. The first kappa shape index (κ1) is 10.4. The van der Waals surface area contributed by atoms with Crippen molar-refractivity contribution in [1.29, 1.82) is 5.26 Å². The maximum atomic E-state index is 8.94. The number of benzene rings is 1. The van der Waals surface area contributed by atoms with Crippen molar-refractivity contribution < 1.29 is 4.74 Å². The number of ether oxygens (including phenoxy) is 1. The highest BCUT2D eigenvalue weighted by atomic mass is 16.5. The molecular weight excluding hydrogens is 202 g/mol. The predicted molar refractivity (Wildman–Crippen MR) is 61.9 cm³/mol. The van der Waals surface area contributed by atoms with Crippen molar-refractivity contribution in [3.05, 3.63) is 35.2 Å². The van der Waals surface area contributed by atoms with Crippen LogP contribution >= 0.6 is 0 Å². The van der Waals surface area contributed by atoms with E-state index >= 15 is 0 Å². The zero-order valence-corrected chi connectivity index (χ0v) is 9.32. The fraction of sp³-hybridized carbons (Fsp3) is 0.250. The zero-order chi connectivity index (χ0) is 11.7. The molecule has 4 heteroatoms. The van der Waals surface area contributed by atoms with Crippen molar-refractivity contribution in [3.63, 3.8) is 0 Å². The maximum Gasteiger partial charge on any atom is 0.205 e. The number of allylic oxidation sites excluding steroid dienone is 1. The molecular formula is C12H13N3O. The van der Waals surface area contributed by atoms with Gasteiger partial charge in [-0.15, -0.1) is 0 Å². The Kier molecular flexibility index (Phi) is 2.45. The summed E-state index contributed by atoms with van der Waals surface area (Å²) >= 11 is 0. The van der Waals surface area contributed by atoms with Gasteiger partial charge in [0.2, 0.25) is 5.88 Å². The molecule has 4 nitrogen and oxygen atoms in total. The minimum atomic E-state index is 0.214. The first-order valence-electron chi connectivity index (χ1n) is 4.99. The van der Waals surface area contributed by atoms with Gasteiger partial charge in [-0.3, -0.25) is 0 Å². The van der Waals surface area contributed by atoms with Gasteiger partial charge in [0.15, 0.2) is 0 Å². The Morgan fingerprint density at radius 2 is 2.19 bits per heavy atom. The summed E-state index contributed by atoms with van der Waals surface area (Å²) in [4.78, 5) is 2.00. The molecule has 16 heavy (non-hydrogen) atoms. The quantitative estimate of drug-likeness (QED) is 0.768. The smallest absolute Gasteiger partial charge is 0.205 e. The summed E-state index contributed by atoms with van der Waals surface area (Å²) in [6.45, 7) is 0. The van der Waals surface area contributed by atoms with Crippen LogP contribution in [0.1, 0.15) is 5.56 Å². The van der Waals surface area contributed by atoms with Gasteiger partial charge in [0.05, 0.1) is 5.57 Å². The predicted octanol–water partition coefficient (Wildman–Crippen LogP) is 1.38. The Morgan fingerprint density at radius 3 is 2.81 bits per heavy atom. The Hall–Kier alpha value is -2.15. The fourth-order valence-corrected chi connectivity index (χ4v) is 1.78. The van der Waals surface area contributed by atoms with E-state index in [2.05, 4.69) is 6.07 Å². The molecule has 2 N–H and O–H groups in total. The fourth-order valence-electron chi connectivity index (χ4n) is 1.78. The van der Waals surface area contributed by atoms with Crippen molar-refractivity contribution in [1.82, 2.24) is 0 Å². The van der Waals surface area contributed by atoms with Gasteiger partial charge in [-0.1, -0.05) is 6.07 Å². The van der Waals surface area contributed by atoms with Crippen LogP contribution < -0.4 is 15.4 Å². The van der Waals surface area contributed by atoms with Crippen LogP contribution in [0.15, 0.2) is 29.7 Å². The molecule has 2 rings (SSSR count). The normalized spacial score (nSPS) is 13.8. The summed E-state index contributed by atoms with van der Waals surface area (Å²) in [5.74, 6) is 0.952. The van der Waals surface area contributed by atoms with E-state index in [1.54, 1.807) is 0 Å². The summed E-state index contributed by atoms with van der Waals surface area (Å²) in [5.41, 5.74) is 8.21. The van der Waals surface area contributed by atoms with E-state index in [4.69, 9.17) is 15.7 Å². The van der Waals surface area contributed by atoms with Crippen LogP contribution in [0.5, 0.6) is 5.75 Å². The van der Waals surface area contributed by atoms with Gasteiger partial charge in [0.25, 0.3) is 0 Å². The lowest BCUT2D eigenvalue weighted by Crippen LogP contribution is -2.19. The Balaban J connectivity index is 2.51. The maximum absolute atomic E-state index is 8.94. The average Bonchev–Trinajstić information content (AvgIpc) is 2.26. The molecule has 0 fully saturated rings. The minimum Gasteiger partial charge on any atom is -0.440 e. The molecule has 1 aromatic carbocycles. The van der Waals surface area contributed by atoms with E-state index in [-0.39, 0.29) is 5.88 Å². The van der Waals surface area contributed by atoms with Crippen LogP contribution in [0, 0.1) is 11.3 Å². The number of hydrogen-bond acceptors (Lipinski definition) is 4. The van der Waals surface area contributed by atoms with Crippen LogP contribution in [-0.4, -0.2) is 14.1 Å². The Morgan fingerprint density at radius 1 is 1.44 bits per heavy atom. The monoisotopic (exact) mass is 215 g/mol. The second-order valence-corrected chi connectivity index (χ2v) is 3.88. The topological polar surface area (TPSA) is 62.3 Å². The molecule has 0 unspecified atom stereocenters. The molecule has 1 aromatic rings. The molecule has 1 heterocycles. The number of hydrogen-bond donors (Lipinski definition) is 1. The van der Waals surface area contributed by atoms with E-state index in [0.717, 1.165) is 17.0 Å². The average molecular weight is 215 g/mol. The van der Waals surface area contributed by atoms with Gasteiger partial charge in [0.1, 0.15) is 11.8 Å². The molecule has 0 bridgehead atoms. The standard InChI is InChI=1S/C12H13N3O/c1-15(2)10-4-3-5-11-9(10)6-8(7-13)12(14)16-11/h3-5H,6,14H2,1-2H3. The summed E-state index contributed by atoms with van der Waals surface area (Å²) in [7, 11) is 3.92. The number of nitrogens with two attached hydrogens (primary N) is 1. The first-order valence-corrected chi connectivity index (χ1v) is 4.99. The number of nitriles is 1. The van der Waals surface area contributed by atoms with Crippen molar-refractivity contribution in [3.8, 4) is 11.8 Å². The van der Waals surface area contributed by atoms with E-state index < -0.39 is 0 Å². The van der Waals surface area contributed by atoms with Crippen LogP contribution in [0.2, 0.25) is 0 Å². The third-order valence-electron chi connectivity index (χ3n) is 2.60. The van der Waals surface area contributed by atoms with Crippen molar-refractivity contribution in [2.45, 2.75) is 6.42 Å². The van der Waals surface area contributed by atoms with E-state index in [1.807, 2.05) is 37.2 Å². The van der Waals surface area contributed by atoms with Crippen LogP contribution in [0.3, 0.4) is 0 Å². The lowest BCUT2D eigenvalue weighted by Gasteiger charge is -2.23. The Bertz CT molecular complexity index is 497. The molecule has 0 amide bonds. The number of anilines is 1. The van der Waals surface area contributed by atoms with E-state index in [9.17, 15) is 0 Å². The molecule has 0 saturated carbocycles. The van der Waals surface area contributed by atoms with Gasteiger partial charge in [-0.2, -0.15) is 5.26 Å². The van der Waals surface area contributed by atoms with Crippen LogP contribution in [0.4, 0.5) is 5.69 Å². The summed E-state index contributed by atoms with van der Waals surface area (Å²) in [6.07, 6.45) is 0.534. The van der Waals surface area contributed by atoms with Gasteiger partial charge in [0, 0.05) is 31.8 Å². The second-order valence-electron chi connectivity index (χ2n) is 3.88. The summed E-state index contributed by atoms with van der Waals surface area (Å²) in [6, 6.07) is 7.85. The van der Waals surface area contributed by atoms with Crippen LogP contribution in [-0.2, 0) is 6.42 Å². The van der Waals surface area contributed by atoms with E-state index in [1.165, 1.54) is 0 Å². The molecule has 0 aromatic heterocycles. The number of fused-ring (bicyclic) bond motifs is 1. The van der Waals surface area contributed by atoms with Gasteiger partial charge < -0.3 is 15.4 Å². The first-order chi connectivity index (χ1) is 7.63. The lowest BCUT2D eigenvalue weighted by molar-refractivity contribution is 0.399. The molecule has 0 saturated heterocycles. The van der Waals surface area contributed by atoms with Crippen LogP contribution in [0.25, 0.3) is 0 Å². The molecule has 1 aliphatic rings. The highest BCUT2D eigenvalue weighted by Gasteiger charge is 2.21. The highest BCUT2D eigenvalue weighted by Crippen LogP contribution is 2.34. The molecule has 0 atom stereocenters. The van der Waals surface area contributed by atoms with Crippen molar-refractivity contribution in [2.75, 3.05) is 19.0 Å². The van der Waals surface area contributed by atoms with Gasteiger partial charge in [-0.25, -0.2) is 0 Å². The molecule has 1 aliphatic heterocycles. The van der Waals surface area contributed by atoms with Gasteiger partial charge in [-0.05, 0) is 12.1 Å². The summed E-state index contributed by atoms with van der Waals surface area (Å²) < 4.78 is 5.43. The largest absolute Gasteiger partial charge is 0.440 e. The SMILES string of the molecule is CN(C)c1cccc2c1CC(C#N)=C(N)O2. The Labute approximate surface area is 94.5 Å².